The van der Waals surface area contributed by atoms with E-state index in [1.165, 1.54) is 24.0 Å². The lowest BCUT2D eigenvalue weighted by atomic mass is 9.86. The SMILES string of the molecule is Cc1cccc(CC2(O)CCCC2C)c1. The zero-order valence-corrected chi connectivity index (χ0v) is 9.66. The highest BCUT2D eigenvalue weighted by atomic mass is 16.3. The van der Waals surface area contributed by atoms with E-state index in [1.807, 2.05) is 0 Å². The van der Waals surface area contributed by atoms with E-state index in [4.69, 9.17) is 0 Å². The number of hydrogen-bond donors (Lipinski definition) is 1. The summed E-state index contributed by atoms with van der Waals surface area (Å²) in [5.41, 5.74) is 2.10. The maximum Gasteiger partial charge on any atom is 0.0713 e. The van der Waals surface area contributed by atoms with Gasteiger partial charge in [0.2, 0.25) is 0 Å². The molecular formula is C14H20O. The van der Waals surface area contributed by atoms with Gasteiger partial charge in [0.05, 0.1) is 5.60 Å². The van der Waals surface area contributed by atoms with E-state index in [-0.39, 0.29) is 0 Å². The zero-order valence-electron chi connectivity index (χ0n) is 9.66. The fourth-order valence-corrected chi connectivity index (χ4v) is 2.67. The Morgan fingerprint density at radius 2 is 2.27 bits per heavy atom. The van der Waals surface area contributed by atoms with E-state index < -0.39 is 5.60 Å². The second-order valence-corrected chi connectivity index (χ2v) is 5.06. The molecule has 1 aromatic carbocycles. The predicted molar refractivity (Wildman–Crippen MR) is 62.8 cm³/mol. The molecule has 2 unspecified atom stereocenters. The van der Waals surface area contributed by atoms with E-state index >= 15 is 0 Å². The Balaban J connectivity index is 2.14. The highest BCUT2D eigenvalue weighted by molar-refractivity contribution is 5.24. The zero-order chi connectivity index (χ0) is 10.9. The fourth-order valence-electron chi connectivity index (χ4n) is 2.67. The Kier molecular flexibility index (Phi) is 2.83. The first-order valence-electron chi connectivity index (χ1n) is 5.88. The summed E-state index contributed by atoms with van der Waals surface area (Å²) >= 11 is 0. The van der Waals surface area contributed by atoms with Gasteiger partial charge in [-0.3, -0.25) is 0 Å². The van der Waals surface area contributed by atoms with Crippen LogP contribution < -0.4 is 0 Å². The van der Waals surface area contributed by atoms with Crippen molar-refractivity contribution in [1.29, 1.82) is 0 Å². The molecule has 0 saturated heterocycles. The lowest BCUT2D eigenvalue weighted by molar-refractivity contribution is 0.00959. The molecule has 0 spiro atoms. The third-order valence-electron chi connectivity index (χ3n) is 3.76. The molecular weight excluding hydrogens is 184 g/mol. The third kappa shape index (κ3) is 2.23. The van der Waals surface area contributed by atoms with E-state index in [9.17, 15) is 5.11 Å². The molecule has 82 valence electrons. The van der Waals surface area contributed by atoms with Gasteiger partial charge >= 0.3 is 0 Å². The van der Waals surface area contributed by atoms with Crippen LogP contribution >= 0.6 is 0 Å². The molecule has 1 heteroatoms. The molecule has 0 bridgehead atoms. The molecule has 1 N–H and O–H groups in total. The van der Waals surface area contributed by atoms with Crippen molar-refractivity contribution in [2.45, 2.75) is 45.1 Å². The van der Waals surface area contributed by atoms with Crippen molar-refractivity contribution in [2.75, 3.05) is 0 Å². The van der Waals surface area contributed by atoms with Crippen LogP contribution in [0.15, 0.2) is 24.3 Å². The molecule has 1 aromatic rings. The smallest absolute Gasteiger partial charge is 0.0713 e. The average molecular weight is 204 g/mol. The van der Waals surface area contributed by atoms with Gasteiger partial charge in [0.15, 0.2) is 0 Å². The number of benzene rings is 1. The van der Waals surface area contributed by atoms with Crippen molar-refractivity contribution < 1.29 is 5.11 Å². The minimum atomic E-state index is -0.451. The molecule has 15 heavy (non-hydrogen) atoms. The Labute approximate surface area is 92.1 Å². The Bertz CT molecular complexity index is 345. The monoisotopic (exact) mass is 204 g/mol. The fraction of sp³-hybridized carbons (Fsp3) is 0.571. The molecule has 0 radical (unpaired) electrons. The van der Waals surface area contributed by atoms with E-state index in [0.717, 1.165) is 12.8 Å². The first-order valence-corrected chi connectivity index (χ1v) is 5.88. The summed E-state index contributed by atoms with van der Waals surface area (Å²) in [6.45, 7) is 4.27. The average Bonchev–Trinajstić information content (AvgIpc) is 2.47. The Morgan fingerprint density at radius 1 is 1.47 bits per heavy atom. The van der Waals surface area contributed by atoms with Gasteiger partial charge in [0.1, 0.15) is 0 Å². The molecule has 0 amide bonds. The van der Waals surface area contributed by atoms with Gasteiger partial charge in [-0.05, 0) is 31.2 Å². The van der Waals surface area contributed by atoms with Crippen molar-refractivity contribution in [3.05, 3.63) is 35.4 Å². The molecule has 1 saturated carbocycles. The summed E-state index contributed by atoms with van der Waals surface area (Å²) < 4.78 is 0. The standard InChI is InChI=1S/C14H20O/c1-11-5-3-7-13(9-11)10-14(15)8-4-6-12(14)2/h3,5,7,9,12,15H,4,6,8,10H2,1-2H3. The van der Waals surface area contributed by atoms with E-state index in [2.05, 4.69) is 38.1 Å². The molecule has 1 fully saturated rings. The quantitative estimate of drug-likeness (QED) is 0.785. The second-order valence-electron chi connectivity index (χ2n) is 5.06. The number of hydrogen-bond acceptors (Lipinski definition) is 1. The van der Waals surface area contributed by atoms with Crippen LogP contribution in [-0.4, -0.2) is 10.7 Å². The van der Waals surface area contributed by atoms with Crippen LogP contribution in [0.2, 0.25) is 0 Å². The van der Waals surface area contributed by atoms with E-state index in [0.29, 0.717) is 5.92 Å². The van der Waals surface area contributed by atoms with E-state index in [1.54, 1.807) is 0 Å². The Hall–Kier alpha value is -0.820. The van der Waals surface area contributed by atoms with Crippen molar-refractivity contribution in [2.24, 2.45) is 5.92 Å². The maximum absolute atomic E-state index is 10.5. The van der Waals surface area contributed by atoms with Gasteiger partial charge in [-0.2, -0.15) is 0 Å². The van der Waals surface area contributed by atoms with Gasteiger partial charge in [-0.1, -0.05) is 43.2 Å². The van der Waals surface area contributed by atoms with Crippen LogP contribution in [0, 0.1) is 12.8 Å². The van der Waals surface area contributed by atoms with Gasteiger partial charge in [-0.25, -0.2) is 0 Å². The molecule has 1 nitrogen and oxygen atoms in total. The number of rotatable bonds is 2. The summed E-state index contributed by atoms with van der Waals surface area (Å²) in [6.07, 6.45) is 4.11. The summed E-state index contributed by atoms with van der Waals surface area (Å²) in [5.74, 6) is 0.443. The first kappa shape index (κ1) is 10.7. The van der Waals surface area contributed by atoms with Crippen LogP contribution in [0.3, 0.4) is 0 Å². The predicted octanol–water partition coefficient (Wildman–Crippen LogP) is 3.09. The van der Waals surface area contributed by atoms with Crippen LogP contribution in [0.4, 0.5) is 0 Å². The van der Waals surface area contributed by atoms with Gasteiger partial charge < -0.3 is 5.11 Å². The van der Waals surface area contributed by atoms with Crippen LogP contribution in [0.5, 0.6) is 0 Å². The van der Waals surface area contributed by atoms with Gasteiger partial charge in [0.25, 0.3) is 0 Å². The largest absolute Gasteiger partial charge is 0.389 e. The summed E-state index contributed by atoms with van der Waals surface area (Å²) in [7, 11) is 0. The molecule has 1 aliphatic carbocycles. The summed E-state index contributed by atoms with van der Waals surface area (Å²) in [4.78, 5) is 0. The van der Waals surface area contributed by atoms with Gasteiger partial charge in [0, 0.05) is 6.42 Å². The van der Waals surface area contributed by atoms with Gasteiger partial charge in [-0.15, -0.1) is 0 Å². The van der Waals surface area contributed by atoms with Crippen molar-refractivity contribution in [1.82, 2.24) is 0 Å². The van der Waals surface area contributed by atoms with Crippen molar-refractivity contribution >= 4 is 0 Å². The summed E-state index contributed by atoms with van der Waals surface area (Å²) in [6, 6.07) is 8.48. The highest BCUT2D eigenvalue weighted by Crippen LogP contribution is 2.37. The van der Waals surface area contributed by atoms with Crippen molar-refractivity contribution in [3.63, 3.8) is 0 Å². The lowest BCUT2D eigenvalue weighted by Crippen LogP contribution is -2.34. The molecule has 0 aromatic heterocycles. The number of aryl methyl sites for hydroxylation is 1. The third-order valence-corrected chi connectivity index (χ3v) is 3.76. The van der Waals surface area contributed by atoms with Crippen molar-refractivity contribution in [3.8, 4) is 0 Å². The molecule has 1 aliphatic rings. The van der Waals surface area contributed by atoms with Crippen LogP contribution in [-0.2, 0) is 6.42 Å². The minimum absolute atomic E-state index is 0.443. The minimum Gasteiger partial charge on any atom is -0.389 e. The maximum atomic E-state index is 10.5. The molecule has 2 atom stereocenters. The highest BCUT2D eigenvalue weighted by Gasteiger charge is 2.37. The van der Waals surface area contributed by atoms with Crippen LogP contribution in [0.25, 0.3) is 0 Å². The Morgan fingerprint density at radius 3 is 2.87 bits per heavy atom. The molecule has 2 rings (SSSR count). The normalized spacial score (nSPS) is 30.7. The second kappa shape index (κ2) is 3.97. The lowest BCUT2D eigenvalue weighted by Gasteiger charge is -2.27. The summed E-state index contributed by atoms with van der Waals surface area (Å²) in [5, 5.41) is 10.5. The van der Waals surface area contributed by atoms with Crippen LogP contribution in [0.1, 0.15) is 37.3 Å². The molecule has 0 aliphatic heterocycles. The molecule has 0 heterocycles. The topological polar surface area (TPSA) is 20.2 Å². The number of aliphatic hydroxyl groups is 1. The first-order chi connectivity index (χ1) is 7.10.